The van der Waals surface area contributed by atoms with Crippen LogP contribution in [-0.4, -0.2) is 9.97 Å². The molecular weight excluding hydrogens is 677 g/mol. The van der Waals surface area contributed by atoms with Crippen LogP contribution in [0.25, 0.3) is 120 Å². The van der Waals surface area contributed by atoms with E-state index >= 15 is 0 Å². The first kappa shape index (κ1) is 31.0. The van der Waals surface area contributed by atoms with E-state index in [2.05, 4.69) is 176 Å². The summed E-state index contributed by atoms with van der Waals surface area (Å²) in [6.07, 6.45) is 0. The maximum atomic E-state index is 5.08. The molecule has 0 aliphatic carbocycles. The van der Waals surface area contributed by atoms with Gasteiger partial charge in [-0.05, 0) is 99.0 Å². The fourth-order valence-corrected chi connectivity index (χ4v) is 9.22. The average molecular weight is 709 g/mol. The average Bonchev–Trinajstić information content (AvgIpc) is 3.27. The minimum Gasteiger partial charge on any atom is -0.228 e. The van der Waals surface area contributed by atoms with Crippen molar-refractivity contribution in [1.82, 2.24) is 9.97 Å². The van der Waals surface area contributed by atoms with E-state index in [4.69, 9.17) is 9.97 Å². The first-order valence-electron chi connectivity index (χ1n) is 19.2. The third-order valence-corrected chi connectivity index (χ3v) is 11.8. The van der Waals surface area contributed by atoms with Crippen molar-refractivity contribution >= 4 is 75.5 Å². The lowest BCUT2D eigenvalue weighted by atomic mass is 9.85. The Morgan fingerprint density at radius 1 is 0.268 bits per heavy atom. The Morgan fingerprint density at radius 3 is 1.41 bits per heavy atom. The summed E-state index contributed by atoms with van der Waals surface area (Å²) >= 11 is 0. The second-order valence-electron chi connectivity index (χ2n) is 14.9. The van der Waals surface area contributed by atoms with Crippen LogP contribution in [0.5, 0.6) is 0 Å². The highest BCUT2D eigenvalue weighted by molar-refractivity contribution is 6.37. The maximum absolute atomic E-state index is 5.08. The predicted octanol–water partition coefficient (Wildman–Crippen LogP) is 14.7. The number of fused-ring (bicyclic) bond motifs is 3. The molecule has 1 heterocycles. The molecule has 2 nitrogen and oxygen atoms in total. The van der Waals surface area contributed by atoms with Gasteiger partial charge < -0.3 is 0 Å². The molecule has 0 saturated carbocycles. The van der Waals surface area contributed by atoms with E-state index < -0.39 is 0 Å². The summed E-state index contributed by atoms with van der Waals surface area (Å²) in [7, 11) is 0. The molecule has 0 saturated heterocycles. The molecular formula is C54H32N2. The Bertz CT molecular complexity index is 3490. The Labute approximate surface area is 323 Å². The van der Waals surface area contributed by atoms with Crippen LogP contribution in [0.2, 0.25) is 0 Å². The summed E-state index contributed by atoms with van der Waals surface area (Å²) in [6, 6.07) is 70.5. The Hall–Kier alpha value is -7.42. The highest BCUT2D eigenvalue weighted by Gasteiger charge is 2.18. The van der Waals surface area contributed by atoms with Crippen molar-refractivity contribution in [2.45, 2.75) is 0 Å². The van der Waals surface area contributed by atoms with Gasteiger partial charge in [-0.1, -0.05) is 182 Å². The second kappa shape index (κ2) is 12.0. The molecule has 0 spiro atoms. The van der Waals surface area contributed by atoms with Gasteiger partial charge in [-0.3, -0.25) is 0 Å². The molecule has 0 amide bonds. The van der Waals surface area contributed by atoms with E-state index in [0.717, 1.165) is 39.1 Å². The van der Waals surface area contributed by atoms with Crippen LogP contribution in [0, 0.1) is 0 Å². The van der Waals surface area contributed by atoms with Gasteiger partial charge in [0.15, 0.2) is 5.82 Å². The quantitative estimate of drug-likeness (QED) is 0.170. The highest BCUT2D eigenvalue weighted by atomic mass is 14.9. The molecule has 0 aliphatic heterocycles. The van der Waals surface area contributed by atoms with Crippen molar-refractivity contribution in [2.24, 2.45) is 0 Å². The Balaban J connectivity index is 0.989. The molecule has 258 valence electrons. The van der Waals surface area contributed by atoms with Crippen LogP contribution >= 0.6 is 0 Å². The van der Waals surface area contributed by atoms with E-state index in [0.29, 0.717) is 0 Å². The smallest absolute Gasteiger partial charge is 0.160 e. The third kappa shape index (κ3) is 4.63. The van der Waals surface area contributed by atoms with Crippen LogP contribution in [0.15, 0.2) is 194 Å². The minimum absolute atomic E-state index is 0.728. The number of para-hydroxylation sites is 1. The van der Waals surface area contributed by atoms with Crippen LogP contribution in [0.3, 0.4) is 0 Å². The van der Waals surface area contributed by atoms with Gasteiger partial charge in [0.2, 0.25) is 0 Å². The van der Waals surface area contributed by atoms with E-state index in [-0.39, 0.29) is 0 Å². The topological polar surface area (TPSA) is 25.8 Å². The maximum Gasteiger partial charge on any atom is 0.160 e. The third-order valence-electron chi connectivity index (χ3n) is 11.8. The van der Waals surface area contributed by atoms with Crippen molar-refractivity contribution in [1.29, 1.82) is 0 Å². The van der Waals surface area contributed by atoms with Crippen LogP contribution in [0.1, 0.15) is 0 Å². The normalized spacial score (nSPS) is 11.9. The Morgan fingerprint density at radius 2 is 0.750 bits per heavy atom. The summed E-state index contributed by atoms with van der Waals surface area (Å²) in [5, 5.41) is 16.6. The fourth-order valence-electron chi connectivity index (χ4n) is 9.22. The van der Waals surface area contributed by atoms with Gasteiger partial charge >= 0.3 is 0 Å². The van der Waals surface area contributed by atoms with Crippen molar-refractivity contribution in [3.63, 3.8) is 0 Å². The zero-order valence-corrected chi connectivity index (χ0v) is 30.4. The Kier molecular flexibility index (Phi) is 6.66. The number of aromatic nitrogens is 2. The standard InChI is InChI=1S/C54H32N2/c1-2-10-38(11-3-1)53-46-15-4-5-21-48(46)55-54(56-53)39-30-24-34(25-31-39)33-22-26-35(27-23-33)47-32-40-14-8-18-42-41-16-6-12-36-28-29-37-13-7-17-43(50(37)49(36)41)44-19-9-20-45(47)52(44)51(40)42/h1-32H. The molecule has 0 radical (unpaired) electrons. The molecule has 0 N–H and O–H groups in total. The molecule has 0 aliphatic rings. The van der Waals surface area contributed by atoms with Crippen molar-refractivity contribution < 1.29 is 0 Å². The summed E-state index contributed by atoms with van der Waals surface area (Å²) in [6.45, 7) is 0. The van der Waals surface area contributed by atoms with Crippen LogP contribution in [0.4, 0.5) is 0 Å². The van der Waals surface area contributed by atoms with E-state index in [9.17, 15) is 0 Å². The molecule has 0 atom stereocenters. The number of rotatable bonds is 4. The zero-order chi connectivity index (χ0) is 36.7. The lowest BCUT2D eigenvalue weighted by Crippen LogP contribution is -1.95. The lowest BCUT2D eigenvalue weighted by Gasteiger charge is -2.18. The van der Waals surface area contributed by atoms with Gasteiger partial charge in [-0.25, -0.2) is 9.97 Å². The van der Waals surface area contributed by atoms with Gasteiger partial charge in [-0.15, -0.1) is 0 Å². The zero-order valence-electron chi connectivity index (χ0n) is 30.4. The largest absolute Gasteiger partial charge is 0.228 e. The van der Waals surface area contributed by atoms with Gasteiger partial charge in [0, 0.05) is 16.5 Å². The van der Waals surface area contributed by atoms with Crippen molar-refractivity contribution in [3.8, 4) is 44.9 Å². The van der Waals surface area contributed by atoms with Gasteiger partial charge in [0.05, 0.1) is 11.2 Å². The number of hydrogen-bond donors (Lipinski definition) is 0. The highest BCUT2D eigenvalue weighted by Crippen LogP contribution is 2.45. The van der Waals surface area contributed by atoms with Crippen LogP contribution < -0.4 is 0 Å². The van der Waals surface area contributed by atoms with E-state index in [1.807, 2.05) is 18.2 Å². The van der Waals surface area contributed by atoms with Gasteiger partial charge in [0.1, 0.15) is 0 Å². The molecule has 56 heavy (non-hydrogen) atoms. The molecule has 12 aromatic rings. The summed E-state index contributed by atoms with van der Waals surface area (Å²) in [5.74, 6) is 0.728. The molecule has 11 aromatic carbocycles. The van der Waals surface area contributed by atoms with Crippen molar-refractivity contribution in [2.75, 3.05) is 0 Å². The molecule has 0 fully saturated rings. The lowest BCUT2D eigenvalue weighted by molar-refractivity contribution is 1.23. The molecule has 12 rings (SSSR count). The summed E-state index contributed by atoms with van der Waals surface area (Å²) in [4.78, 5) is 10.1. The fraction of sp³-hybridized carbons (Fsp3) is 0. The molecule has 0 bridgehead atoms. The van der Waals surface area contributed by atoms with E-state index in [1.54, 1.807) is 0 Å². The molecule has 2 heteroatoms. The number of nitrogens with zero attached hydrogens (tertiary/aromatic N) is 2. The first-order chi connectivity index (χ1) is 27.8. The molecule has 0 unspecified atom stereocenters. The molecule has 1 aromatic heterocycles. The van der Waals surface area contributed by atoms with Gasteiger partial charge in [-0.2, -0.15) is 0 Å². The summed E-state index contributed by atoms with van der Waals surface area (Å²) in [5.41, 5.74) is 8.75. The minimum atomic E-state index is 0.728. The second-order valence-corrected chi connectivity index (χ2v) is 14.9. The first-order valence-corrected chi connectivity index (χ1v) is 19.2. The SMILES string of the molecule is c1ccc(-c2nc(-c3ccc(-c4ccc(-c5cc6cccc7c8cccc9ccc%10cccc(c%11cccc5c%11c67)c%10c98)cc4)cc3)nc3ccccc23)cc1. The number of benzene rings is 10. The predicted molar refractivity (Wildman–Crippen MR) is 238 cm³/mol. The monoisotopic (exact) mass is 708 g/mol. The van der Waals surface area contributed by atoms with Gasteiger partial charge in [0.25, 0.3) is 0 Å². The summed E-state index contributed by atoms with van der Waals surface area (Å²) < 4.78 is 0. The van der Waals surface area contributed by atoms with Crippen molar-refractivity contribution in [3.05, 3.63) is 194 Å². The number of hydrogen-bond acceptors (Lipinski definition) is 2. The van der Waals surface area contributed by atoms with E-state index in [1.165, 1.54) is 81.3 Å². The van der Waals surface area contributed by atoms with Crippen LogP contribution in [-0.2, 0) is 0 Å².